The van der Waals surface area contributed by atoms with Crippen LogP contribution in [-0.4, -0.2) is 24.6 Å². The van der Waals surface area contributed by atoms with Crippen molar-refractivity contribution in [3.63, 3.8) is 0 Å². The first-order chi connectivity index (χ1) is 13.1. The van der Waals surface area contributed by atoms with E-state index < -0.39 is 0 Å². The molecule has 3 rings (SSSR count). The molecule has 1 heterocycles. The predicted molar refractivity (Wildman–Crippen MR) is 113 cm³/mol. The largest absolute Gasteiger partial charge is 0.322 e. The minimum Gasteiger partial charge on any atom is -0.322 e. The van der Waals surface area contributed by atoms with Crippen LogP contribution in [0.2, 0.25) is 0 Å². The molecule has 0 saturated carbocycles. The Hall–Kier alpha value is -2.53. The molecule has 1 aliphatic heterocycles. The number of carbonyl (C=O) groups is 2. The number of nitrogens with one attached hydrogen (secondary N) is 1. The fourth-order valence-electron chi connectivity index (χ4n) is 3.11. The molecule has 0 bridgehead atoms. The Labute approximate surface area is 164 Å². The van der Waals surface area contributed by atoms with Crippen LogP contribution >= 0.6 is 11.8 Å². The Morgan fingerprint density at radius 2 is 1.93 bits per heavy atom. The number of hydrogen-bond donors (Lipinski definition) is 1. The SMILES string of the molecule is CSc1ccc(C=CC(=O)Nc2ccc(C)c(N3CCCCC3=O)c2)cc1. The van der Waals surface area contributed by atoms with E-state index in [1.165, 1.54) is 11.0 Å². The zero-order chi connectivity index (χ0) is 19.2. The second-order valence-electron chi connectivity index (χ2n) is 6.60. The minimum atomic E-state index is -0.191. The summed E-state index contributed by atoms with van der Waals surface area (Å²) in [5, 5.41) is 2.89. The van der Waals surface area contributed by atoms with E-state index >= 15 is 0 Å². The molecule has 2 aromatic carbocycles. The second-order valence-corrected chi connectivity index (χ2v) is 7.48. The number of hydrogen-bond acceptors (Lipinski definition) is 3. The molecule has 140 valence electrons. The van der Waals surface area contributed by atoms with Crippen molar-refractivity contribution in [2.45, 2.75) is 31.1 Å². The molecule has 0 aromatic heterocycles. The van der Waals surface area contributed by atoms with Crippen molar-refractivity contribution >= 4 is 41.0 Å². The van der Waals surface area contributed by atoms with Crippen molar-refractivity contribution in [2.24, 2.45) is 0 Å². The molecule has 0 unspecified atom stereocenters. The van der Waals surface area contributed by atoms with E-state index in [1.807, 2.05) is 60.5 Å². The third-order valence-electron chi connectivity index (χ3n) is 4.63. The highest BCUT2D eigenvalue weighted by molar-refractivity contribution is 7.98. The van der Waals surface area contributed by atoms with Gasteiger partial charge >= 0.3 is 0 Å². The third-order valence-corrected chi connectivity index (χ3v) is 5.38. The van der Waals surface area contributed by atoms with Gasteiger partial charge < -0.3 is 10.2 Å². The van der Waals surface area contributed by atoms with Gasteiger partial charge in [0.25, 0.3) is 0 Å². The summed E-state index contributed by atoms with van der Waals surface area (Å²) in [6.07, 6.45) is 7.91. The summed E-state index contributed by atoms with van der Waals surface area (Å²) < 4.78 is 0. The van der Waals surface area contributed by atoms with Crippen molar-refractivity contribution in [3.05, 3.63) is 59.7 Å². The van der Waals surface area contributed by atoms with Crippen molar-refractivity contribution in [2.75, 3.05) is 23.0 Å². The predicted octanol–water partition coefficient (Wildman–Crippen LogP) is 4.89. The third kappa shape index (κ3) is 5.01. The van der Waals surface area contributed by atoms with Crippen LogP contribution in [0.3, 0.4) is 0 Å². The average Bonchev–Trinajstić information content (AvgIpc) is 2.69. The van der Waals surface area contributed by atoms with Gasteiger partial charge in [-0.15, -0.1) is 11.8 Å². The number of thioether (sulfide) groups is 1. The minimum absolute atomic E-state index is 0.154. The molecule has 1 fully saturated rings. The van der Waals surface area contributed by atoms with Crippen molar-refractivity contribution in [1.82, 2.24) is 0 Å². The van der Waals surface area contributed by atoms with Crippen LogP contribution in [0.15, 0.2) is 53.4 Å². The van der Waals surface area contributed by atoms with E-state index in [0.717, 1.165) is 36.2 Å². The highest BCUT2D eigenvalue weighted by Crippen LogP contribution is 2.27. The number of piperidine rings is 1. The Bertz CT molecular complexity index is 859. The Kier molecular flexibility index (Phi) is 6.35. The zero-order valence-electron chi connectivity index (χ0n) is 15.7. The molecule has 1 N–H and O–H groups in total. The lowest BCUT2D eigenvalue weighted by molar-refractivity contribution is -0.119. The molecular weight excluding hydrogens is 356 g/mol. The van der Waals surface area contributed by atoms with Gasteiger partial charge in [0, 0.05) is 35.3 Å². The number of anilines is 2. The van der Waals surface area contributed by atoms with Gasteiger partial charge in [-0.05, 0) is 67.5 Å². The maximum Gasteiger partial charge on any atom is 0.248 e. The van der Waals surface area contributed by atoms with Gasteiger partial charge in [-0.1, -0.05) is 18.2 Å². The Morgan fingerprint density at radius 3 is 2.63 bits per heavy atom. The molecule has 0 spiro atoms. The van der Waals surface area contributed by atoms with Crippen molar-refractivity contribution in [1.29, 1.82) is 0 Å². The van der Waals surface area contributed by atoms with E-state index in [1.54, 1.807) is 17.8 Å². The molecule has 1 saturated heterocycles. The summed E-state index contributed by atoms with van der Waals surface area (Å²) in [6.45, 7) is 2.73. The van der Waals surface area contributed by atoms with Crippen LogP contribution in [-0.2, 0) is 9.59 Å². The molecule has 27 heavy (non-hydrogen) atoms. The number of amides is 2. The molecule has 0 atom stereocenters. The standard InChI is InChI=1S/C22H24N2O2S/c1-16-6-10-18(15-20(16)24-14-4-3-5-22(24)26)23-21(25)13-9-17-7-11-19(27-2)12-8-17/h6-13,15H,3-5,14H2,1-2H3,(H,23,25). The average molecular weight is 381 g/mol. The lowest BCUT2D eigenvalue weighted by Gasteiger charge is -2.28. The Morgan fingerprint density at radius 1 is 1.15 bits per heavy atom. The van der Waals surface area contributed by atoms with E-state index in [2.05, 4.69) is 5.32 Å². The first kappa shape index (κ1) is 19.2. The summed E-state index contributed by atoms with van der Waals surface area (Å²) in [5.74, 6) is -0.0369. The molecule has 4 nitrogen and oxygen atoms in total. The fourth-order valence-corrected chi connectivity index (χ4v) is 3.52. The molecule has 0 radical (unpaired) electrons. The second kappa shape index (κ2) is 8.91. The summed E-state index contributed by atoms with van der Waals surface area (Å²) in [7, 11) is 0. The van der Waals surface area contributed by atoms with E-state index in [9.17, 15) is 9.59 Å². The van der Waals surface area contributed by atoms with Gasteiger partial charge in [0.1, 0.15) is 0 Å². The van der Waals surface area contributed by atoms with Crippen molar-refractivity contribution < 1.29 is 9.59 Å². The monoisotopic (exact) mass is 380 g/mol. The van der Waals surface area contributed by atoms with Crippen LogP contribution < -0.4 is 10.2 Å². The van der Waals surface area contributed by atoms with Gasteiger partial charge in [-0.3, -0.25) is 9.59 Å². The van der Waals surface area contributed by atoms with Gasteiger partial charge in [0.05, 0.1) is 0 Å². The van der Waals surface area contributed by atoms with Gasteiger partial charge in [0.15, 0.2) is 0 Å². The van der Waals surface area contributed by atoms with Gasteiger partial charge in [-0.2, -0.15) is 0 Å². The first-order valence-electron chi connectivity index (χ1n) is 9.11. The Balaban J connectivity index is 1.69. The van der Waals surface area contributed by atoms with E-state index in [4.69, 9.17) is 0 Å². The maximum absolute atomic E-state index is 12.3. The highest BCUT2D eigenvalue weighted by Gasteiger charge is 2.21. The number of carbonyl (C=O) groups excluding carboxylic acids is 2. The molecule has 2 aromatic rings. The molecule has 2 amide bonds. The van der Waals surface area contributed by atoms with Crippen LogP contribution in [0.1, 0.15) is 30.4 Å². The van der Waals surface area contributed by atoms with Gasteiger partial charge in [0.2, 0.25) is 11.8 Å². The van der Waals surface area contributed by atoms with Crippen molar-refractivity contribution in [3.8, 4) is 0 Å². The maximum atomic E-state index is 12.3. The highest BCUT2D eigenvalue weighted by atomic mass is 32.2. The van der Waals surface area contributed by atoms with Crippen LogP contribution in [0.25, 0.3) is 6.08 Å². The van der Waals surface area contributed by atoms with Crippen LogP contribution in [0.4, 0.5) is 11.4 Å². The normalized spacial score (nSPS) is 14.6. The van der Waals surface area contributed by atoms with E-state index in [0.29, 0.717) is 12.1 Å². The lowest BCUT2D eigenvalue weighted by atomic mass is 10.1. The number of rotatable bonds is 5. The first-order valence-corrected chi connectivity index (χ1v) is 10.3. The molecule has 5 heteroatoms. The number of benzene rings is 2. The molecular formula is C22H24N2O2S. The quantitative estimate of drug-likeness (QED) is 0.594. The number of aryl methyl sites for hydroxylation is 1. The van der Waals surface area contributed by atoms with E-state index in [-0.39, 0.29) is 11.8 Å². The summed E-state index contributed by atoms with van der Waals surface area (Å²) in [5.41, 5.74) is 3.59. The summed E-state index contributed by atoms with van der Waals surface area (Å²) in [4.78, 5) is 27.5. The van der Waals surface area contributed by atoms with Gasteiger partial charge in [-0.25, -0.2) is 0 Å². The fraction of sp³-hybridized carbons (Fsp3) is 0.273. The summed E-state index contributed by atoms with van der Waals surface area (Å²) in [6, 6.07) is 13.7. The molecule has 1 aliphatic rings. The summed E-state index contributed by atoms with van der Waals surface area (Å²) >= 11 is 1.69. The van der Waals surface area contributed by atoms with Crippen LogP contribution in [0, 0.1) is 6.92 Å². The smallest absolute Gasteiger partial charge is 0.248 e. The molecule has 0 aliphatic carbocycles. The number of nitrogens with zero attached hydrogens (tertiary/aromatic N) is 1. The lowest BCUT2D eigenvalue weighted by Crippen LogP contribution is -2.35. The topological polar surface area (TPSA) is 49.4 Å². The zero-order valence-corrected chi connectivity index (χ0v) is 16.5. The van der Waals surface area contributed by atoms with Crippen LogP contribution in [0.5, 0.6) is 0 Å².